The van der Waals surface area contributed by atoms with Gasteiger partial charge in [0.2, 0.25) is 0 Å². The molecule has 25 heavy (non-hydrogen) atoms. The van der Waals surface area contributed by atoms with Crippen molar-refractivity contribution in [2.24, 2.45) is 4.99 Å². The molecular formula is C19H27N5S. The van der Waals surface area contributed by atoms with Crippen LogP contribution in [0.4, 0.5) is 5.82 Å². The van der Waals surface area contributed by atoms with E-state index in [1.54, 1.807) is 11.3 Å². The lowest BCUT2D eigenvalue weighted by atomic mass is 10.1. The maximum absolute atomic E-state index is 4.51. The van der Waals surface area contributed by atoms with Crippen LogP contribution >= 0.6 is 11.3 Å². The molecule has 3 heterocycles. The molecule has 1 unspecified atom stereocenters. The first-order valence-corrected chi connectivity index (χ1v) is 9.82. The highest BCUT2D eigenvalue weighted by atomic mass is 32.1. The number of nitrogens with zero attached hydrogens (tertiary/aromatic N) is 3. The van der Waals surface area contributed by atoms with Crippen LogP contribution in [0.5, 0.6) is 0 Å². The van der Waals surface area contributed by atoms with Crippen molar-refractivity contribution in [3.05, 3.63) is 46.3 Å². The molecule has 1 saturated heterocycles. The fourth-order valence-corrected chi connectivity index (χ4v) is 3.81. The van der Waals surface area contributed by atoms with E-state index < -0.39 is 0 Å². The maximum atomic E-state index is 4.51. The van der Waals surface area contributed by atoms with E-state index in [1.807, 2.05) is 13.2 Å². The van der Waals surface area contributed by atoms with Crippen LogP contribution < -0.4 is 15.5 Å². The SMILES string of the molecule is CN=C(NCc1ccnc(N2CCCC2)c1)NCC(C)c1cccs1. The summed E-state index contributed by atoms with van der Waals surface area (Å²) in [6, 6.07) is 8.53. The van der Waals surface area contributed by atoms with Gasteiger partial charge in [-0.3, -0.25) is 4.99 Å². The Morgan fingerprint density at radius 1 is 1.32 bits per heavy atom. The van der Waals surface area contributed by atoms with Crippen LogP contribution in [0.25, 0.3) is 0 Å². The number of anilines is 1. The van der Waals surface area contributed by atoms with Crippen molar-refractivity contribution in [2.45, 2.75) is 32.2 Å². The molecule has 1 aliphatic heterocycles. The zero-order chi connectivity index (χ0) is 17.5. The van der Waals surface area contributed by atoms with E-state index in [0.29, 0.717) is 5.92 Å². The smallest absolute Gasteiger partial charge is 0.191 e. The number of aliphatic imine (C=N–C) groups is 1. The van der Waals surface area contributed by atoms with Gasteiger partial charge >= 0.3 is 0 Å². The van der Waals surface area contributed by atoms with Crippen molar-refractivity contribution in [1.82, 2.24) is 15.6 Å². The Kier molecular flexibility index (Phi) is 6.28. The average molecular weight is 358 g/mol. The van der Waals surface area contributed by atoms with Gasteiger partial charge in [0.1, 0.15) is 5.82 Å². The van der Waals surface area contributed by atoms with E-state index in [-0.39, 0.29) is 0 Å². The number of nitrogens with one attached hydrogen (secondary N) is 2. The molecule has 0 aromatic carbocycles. The Balaban J connectivity index is 1.50. The van der Waals surface area contributed by atoms with Crippen LogP contribution in [-0.4, -0.2) is 37.6 Å². The molecule has 2 aromatic heterocycles. The number of rotatable bonds is 6. The van der Waals surface area contributed by atoms with Gasteiger partial charge in [-0.15, -0.1) is 11.3 Å². The number of guanidine groups is 1. The molecular weight excluding hydrogens is 330 g/mol. The van der Waals surface area contributed by atoms with E-state index in [0.717, 1.165) is 38.0 Å². The van der Waals surface area contributed by atoms with Crippen LogP contribution in [0.15, 0.2) is 40.8 Å². The van der Waals surface area contributed by atoms with Crippen molar-refractivity contribution >= 4 is 23.1 Å². The molecule has 3 rings (SSSR count). The second-order valence-electron chi connectivity index (χ2n) is 6.44. The predicted octanol–water partition coefficient (Wildman–Crippen LogP) is 3.21. The second-order valence-corrected chi connectivity index (χ2v) is 7.42. The summed E-state index contributed by atoms with van der Waals surface area (Å²) in [5, 5.41) is 8.94. The van der Waals surface area contributed by atoms with Gasteiger partial charge in [0.25, 0.3) is 0 Å². The van der Waals surface area contributed by atoms with Crippen LogP contribution in [0, 0.1) is 0 Å². The maximum Gasteiger partial charge on any atom is 0.191 e. The molecule has 0 aliphatic carbocycles. The highest BCUT2D eigenvalue weighted by Gasteiger charge is 2.13. The highest BCUT2D eigenvalue weighted by Crippen LogP contribution is 2.20. The van der Waals surface area contributed by atoms with Gasteiger partial charge in [-0.1, -0.05) is 13.0 Å². The first-order valence-electron chi connectivity index (χ1n) is 8.94. The summed E-state index contributed by atoms with van der Waals surface area (Å²) in [7, 11) is 1.81. The van der Waals surface area contributed by atoms with Crippen LogP contribution in [0.2, 0.25) is 0 Å². The van der Waals surface area contributed by atoms with Gasteiger partial charge in [0.05, 0.1) is 0 Å². The number of thiophene rings is 1. The third-order valence-corrected chi connectivity index (χ3v) is 5.63. The van der Waals surface area contributed by atoms with Gasteiger partial charge in [-0.05, 0) is 42.0 Å². The van der Waals surface area contributed by atoms with Crippen LogP contribution in [0.1, 0.15) is 36.1 Å². The van der Waals surface area contributed by atoms with Crippen molar-refractivity contribution in [3.8, 4) is 0 Å². The summed E-state index contributed by atoms with van der Waals surface area (Å²) < 4.78 is 0. The summed E-state index contributed by atoms with van der Waals surface area (Å²) in [5.41, 5.74) is 1.23. The molecule has 1 aliphatic rings. The van der Waals surface area contributed by atoms with Gasteiger partial charge in [-0.25, -0.2) is 4.98 Å². The average Bonchev–Trinajstić information content (AvgIpc) is 3.35. The van der Waals surface area contributed by atoms with Crippen molar-refractivity contribution < 1.29 is 0 Å². The Bertz CT molecular complexity index is 677. The second kappa shape index (κ2) is 8.85. The summed E-state index contributed by atoms with van der Waals surface area (Å²) >= 11 is 1.80. The van der Waals surface area contributed by atoms with Gasteiger partial charge in [-0.2, -0.15) is 0 Å². The summed E-state index contributed by atoms with van der Waals surface area (Å²) in [5.74, 6) is 2.40. The molecule has 2 N–H and O–H groups in total. The molecule has 6 heteroatoms. The van der Waals surface area contributed by atoms with Crippen LogP contribution in [0.3, 0.4) is 0 Å². The lowest BCUT2D eigenvalue weighted by molar-refractivity contribution is 0.708. The topological polar surface area (TPSA) is 52.6 Å². The van der Waals surface area contributed by atoms with E-state index >= 15 is 0 Å². The lowest BCUT2D eigenvalue weighted by Crippen LogP contribution is -2.38. The zero-order valence-corrected chi connectivity index (χ0v) is 15.9. The normalized spacial score (nSPS) is 16.1. The van der Waals surface area contributed by atoms with Crippen molar-refractivity contribution in [2.75, 3.05) is 31.6 Å². The Morgan fingerprint density at radius 3 is 2.88 bits per heavy atom. The Hall–Kier alpha value is -2.08. The molecule has 2 aromatic rings. The molecule has 0 saturated carbocycles. The van der Waals surface area contributed by atoms with E-state index in [2.05, 4.69) is 62.1 Å². The summed E-state index contributed by atoms with van der Waals surface area (Å²) in [6.07, 6.45) is 4.44. The van der Waals surface area contributed by atoms with Gasteiger partial charge in [0.15, 0.2) is 5.96 Å². The highest BCUT2D eigenvalue weighted by molar-refractivity contribution is 7.10. The summed E-state index contributed by atoms with van der Waals surface area (Å²) in [4.78, 5) is 12.6. The predicted molar refractivity (Wildman–Crippen MR) is 107 cm³/mol. The van der Waals surface area contributed by atoms with E-state index in [1.165, 1.54) is 23.3 Å². The minimum atomic E-state index is 0.473. The lowest BCUT2D eigenvalue weighted by Gasteiger charge is -2.18. The number of hydrogen-bond acceptors (Lipinski definition) is 4. The van der Waals surface area contributed by atoms with Gasteiger partial charge in [0, 0.05) is 50.2 Å². The summed E-state index contributed by atoms with van der Waals surface area (Å²) in [6.45, 7) is 6.09. The Morgan fingerprint density at radius 2 is 2.16 bits per heavy atom. The minimum absolute atomic E-state index is 0.473. The molecule has 0 amide bonds. The third-order valence-electron chi connectivity index (χ3n) is 4.53. The molecule has 5 nitrogen and oxygen atoms in total. The molecule has 1 fully saturated rings. The quantitative estimate of drug-likeness (QED) is 0.616. The zero-order valence-electron chi connectivity index (χ0n) is 15.0. The largest absolute Gasteiger partial charge is 0.357 e. The first-order chi connectivity index (χ1) is 12.3. The fourth-order valence-electron chi connectivity index (χ4n) is 3.02. The molecule has 0 radical (unpaired) electrons. The molecule has 1 atom stereocenters. The fraction of sp³-hybridized carbons (Fsp3) is 0.474. The standard InChI is InChI=1S/C19H27N5S/c1-15(17-6-5-11-25-17)13-22-19(20-2)23-14-16-7-8-21-18(12-16)24-9-3-4-10-24/h5-8,11-12,15H,3-4,9-10,13-14H2,1-2H3,(H2,20,22,23). The number of pyridine rings is 1. The molecule has 134 valence electrons. The number of hydrogen-bond donors (Lipinski definition) is 2. The number of aromatic nitrogens is 1. The van der Waals surface area contributed by atoms with E-state index in [4.69, 9.17) is 0 Å². The van der Waals surface area contributed by atoms with Gasteiger partial charge < -0.3 is 15.5 Å². The van der Waals surface area contributed by atoms with E-state index in [9.17, 15) is 0 Å². The van der Waals surface area contributed by atoms with Crippen molar-refractivity contribution in [1.29, 1.82) is 0 Å². The first kappa shape index (κ1) is 17.7. The van der Waals surface area contributed by atoms with Crippen LogP contribution in [-0.2, 0) is 6.54 Å². The van der Waals surface area contributed by atoms with Crippen molar-refractivity contribution in [3.63, 3.8) is 0 Å². The monoisotopic (exact) mass is 357 g/mol. The third kappa shape index (κ3) is 4.95. The Labute approximate surface area is 154 Å². The molecule has 0 spiro atoms. The molecule has 0 bridgehead atoms. The minimum Gasteiger partial charge on any atom is -0.357 e.